The Morgan fingerprint density at radius 1 is 1.12 bits per heavy atom. The lowest BCUT2D eigenvalue weighted by molar-refractivity contribution is -0.151. The Morgan fingerprint density at radius 3 is 2.46 bits per heavy atom. The average Bonchev–Trinajstić information content (AvgIpc) is 2.54. The summed E-state index contributed by atoms with van der Waals surface area (Å²) in [5, 5.41) is 2.95. The molecule has 0 bridgehead atoms. The molecule has 26 heavy (non-hydrogen) atoms. The zero-order valence-electron chi connectivity index (χ0n) is 16.6. The predicted octanol–water partition coefficient (Wildman–Crippen LogP) is 3.52. The molecule has 0 spiro atoms. The van der Waals surface area contributed by atoms with E-state index in [1.807, 2.05) is 0 Å². The molecular weight excluding hydrogens is 332 g/mol. The fourth-order valence-electron chi connectivity index (χ4n) is 4.75. The van der Waals surface area contributed by atoms with Crippen LogP contribution in [-0.2, 0) is 14.3 Å². The van der Waals surface area contributed by atoms with Crippen LogP contribution in [0.2, 0.25) is 0 Å². The minimum Gasteiger partial charge on any atom is -0.462 e. The van der Waals surface area contributed by atoms with Crippen molar-refractivity contribution in [1.82, 2.24) is 5.32 Å². The zero-order chi connectivity index (χ0) is 19.2. The average molecular weight is 369 g/mol. The molecule has 2 aliphatic carbocycles. The smallest absolute Gasteiger partial charge is 0.407 e. The molecule has 2 unspecified atom stereocenters. The molecule has 0 heterocycles. The third-order valence-electron chi connectivity index (χ3n) is 5.65. The Kier molecular flexibility index (Phi) is 7.33. The van der Waals surface area contributed by atoms with Gasteiger partial charge in [-0.3, -0.25) is 4.79 Å². The summed E-state index contributed by atoms with van der Waals surface area (Å²) < 4.78 is 10.6. The maximum atomic E-state index is 12.1. The van der Waals surface area contributed by atoms with Crippen molar-refractivity contribution >= 4 is 12.1 Å². The number of rotatable bonds is 6. The van der Waals surface area contributed by atoms with E-state index >= 15 is 0 Å². The minimum absolute atomic E-state index is 0.0312. The number of nitrogens with one attached hydrogen (secondary N) is 1. The minimum atomic E-state index is -0.461. The van der Waals surface area contributed by atoms with Gasteiger partial charge in [0.15, 0.2) is 0 Å². The van der Waals surface area contributed by atoms with Crippen molar-refractivity contribution in [3.8, 4) is 0 Å². The topological polar surface area (TPSA) is 90.6 Å². The van der Waals surface area contributed by atoms with Crippen LogP contribution in [0.5, 0.6) is 0 Å². The Labute approximate surface area is 157 Å². The van der Waals surface area contributed by atoms with Crippen molar-refractivity contribution in [3.05, 3.63) is 0 Å². The van der Waals surface area contributed by atoms with Gasteiger partial charge >= 0.3 is 12.1 Å². The standard InChI is InChI=1S/C20H36N2O4/c1-19(2)11-15(12-20(3,13-19)14-21)22-18(24)25-10-9-17(23)26-16-7-5-4-6-8-16/h15-16H,4-14,21H2,1-3H3,(H,22,24). The first-order valence-electron chi connectivity index (χ1n) is 10.0. The summed E-state index contributed by atoms with van der Waals surface area (Å²) in [5.74, 6) is -0.279. The summed E-state index contributed by atoms with van der Waals surface area (Å²) in [6.45, 7) is 7.26. The molecule has 0 aromatic heterocycles. The summed E-state index contributed by atoms with van der Waals surface area (Å²) >= 11 is 0. The fourth-order valence-corrected chi connectivity index (χ4v) is 4.75. The molecular formula is C20H36N2O4. The Bertz CT molecular complexity index is 488. The highest BCUT2D eigenvalue weighted by atomic mass is 16.6. The first-order valence-corrected chi connectivity index (χ1v) is 10.0. The highest BCUT2D eigenvalue weighted by Gasteiger charge is 2.41. The van der Waals surface area contributed by atoms with E-state index in [1.54, 1.807) is 0 Å². The van der Waals surface area contributed by atoms with Crippen LogP contribution in [0.4, 0.5) is 4.79 Å². The van der Waals surface area contributed by atoms with Gasteiger partial charge in [0.1, 0.15) is 12.7 Å². The molecule has 2 aliphatic rings. The van der Waals surface area contributed by atoms with E-state index in [2.05, 4.69) is 26.1 Å². The summed E-state index contributed by atoms with van der Waals surface area (Å²) in [6, 6.07) is 0.0500. The number of hydrogen-bond donors (Lipinski definition) is 2. The van der Waals surface area contributed by atoms with Crippen molar-refractivity contribution in [1.29, 1.82) is 0 Å². The van der Waals surface area contributed by atoms with Gasteiger partial charge in [-0.05, 0) is 62.3 Å². The molecule has 1 amide bonds. The molecule has 150 valence electrons. The van der Waals surface area contributed by atoms with Gasteiger partial charge in [-0.1, -0.05) is 27.2 Å². The lowest BCUT2D eigenvalue weighted by atomic mass is 9.63. The normalized spacial score (nSPS) is 29.0. The maximum Gasteiger partial charge on any atom is 0.407 e. The number of hydrogen-bond acceptors (Lipinski definition) is 5. The van der Waals surface area contributed by atoms with Gasteiger partial charge < -0.3 is 20.5 Å². The first kappa shape index (κ1) is 21.0. The van der Waals surface area contributed by atoms with Crippen LogP contribution in [0, 0.1) is 10.8 Å². The molecule has 6 nitrogen and oxygen atoms in total. The Balaban J connectivity index is 1.68. The summed E-state index contributed by atoms with van der Waals surface area (Å²) in [7, 11) is 0. The molecule has 6 heteroatoms. The molecule has 0 aliphatic heterocycles. The van der Waals surface area contributed by atoms with Crippen molar-refractivity contribution in [2.75, 3.05) is 13.2 Å². The van der Waals surface area contributed by atoms with Crippen molar-refractivity contribution in [3.63, 3.8) is 0 Å². The molecule has 2 fully saturated rings. The maximum absolute atomic E-state index is 12.1. The highest BCUT2D eigenvalue weighted by molar-refractivity contribution is 5.71. The van der Waals surface area contributed by atoms with E-state index in [0.717, 1.165) is 44.9 Å². The molecule has 0 aromatic carbocycles. The van der Waals surface area contributed by atoms with Crippen LogP contribution in [0.1, 0.15) is 78.6 Å². The van der Waals surface area contributed by atoms with Crippen LogP contribution >= 0.6 is 0 Å². The summed E-state index contributed by atoms with van der Waals surface area (Å²) in [6.07, 6.45) is 7.87. The van der Waals surface area contributed by atoms with Crippen LogP contribution in [-0.4, -0.2) is 37.4 Å². The van der Waals surface area contributed by atoms with E-state index in [0.29, 0.717) is 6.54 Å². The van der Waals surface area contributed by atoms with Crippen molar-refractivity contribution in [2.45, 2.75) is 90.7 Å². The lowest BCUT2D eigenvalue weighted by Gasteiger charge is -2.46. The van der Waals surface area contributed by atoms with Gasteiger partial charge in [-0.25, -0.2) is 4.79 Å². The molecule has 3 N–H and O–H groups in total. The largest absolute Gasteiger partial charge is 0.462 e. The second-order valence-electron chi connectivity index (χ2n) is 9.24. The third-order valence-corrected chi connectivity index (χ3v) is 5.65. The van der Waals surface area contributed by atoms with Crippen molar-refractivity contribution < 1.29 is 19.1 Å². The van der Waals surface area contributed by atoms with Gasteiger partial charge in [0.05, 0.1) is 6.42 Å². The van der Waals surface area contributed by atoms with Crippen LogP contribution < -0.4 is 11.1 Å². The number of amides is 1. The lowest BCUT2D eigenvalue weighted by Crippen LogP contribution is -2.49. The fraction of sp³-hybridized carbons (Fsp3) is 0.900. The van der Waals surface area contributed by atoms with Crippen LogP contribution in [0.3, 0.4) is 0 Å². The van der Waals surface area contributed by atoms with Gasteiger partial charge in [-0.15, -0.1) is 0 Å². The quantitative estimate of drug-likeness (QED) is 0.700. The molecule has 0 saturated heterocycles. The van der Waals surface area contributed by atoms with E-state index < -0.39 is 6.09 Å². The van der Waals surface area contributed by atoms with Crippen LogP contribution in [0.25, 0.3) is 0 Å². The first-order chi connectivity index (χ1) is 12.2. The number of esters is 1. The van der Waals surface area contributed by atoms with E-state index in [9.17, 15) is 9.59 Å². The monoisotopic (exact) mass is 368 g/mol. The molecule has 0 radical (unpaired) electrons. The highest BCUT2D eigenvalue weighted by Crippen LogP contribution is 2.45. The van der Waals surface area contributed by atoms with Crippen molar-refractivity contribution in [2.24, 2.45) is 16.6 Å². The molecule has 2 atom stereocenters. The molecule has 0 aromatic rings. The van der Waals surface area contributed by atoms with E-state index in [4.69, 9.17) is 15.2 Å². The van der Waals surface area contributed by atoms with Gasteiger partial charge in [-0.2, -0.15) is 0 Å². The van der Waals surface area contributed by atoms with Crippen LogP contribution in [0.15, 0.2) is 0 Å². The second kappa shape index (κ2) is 9.07. The number of ether oxygens (including phenoxy) is 2. The van der Waals surface area contributed by atoms with Gasteiger partial charge in [0, 0.05) is 6.04 Å². The number of alkyl carbamates (subject to hydrolysis) is 1. The summed E-state index contributed by atoms with van der Waals surface area (Å²) in [5.41, 5.74) is 6.11. The molecule has 2 rings (SSSR count). The second-order valence-corrected chi connectivity index (χ2v) is 9.24. The number of carbonyl (C=O) groups excluding carboxylic acids is 2. The number of nitrogens with two attached hydrogens (primary N) is 1. The van der Waals surface area contributed by atoms with E-state index in [-0.39, 0.29) is 42.0 Å². The van der Waals surface area contributed by atoms with Gasteiger partial charge in [0.25, 0.3) is 0 Å². The predicted molar refractivity (Wildman–Crippen MR) is 101 cm³/mol. The van der Waals surface area contributed by atoms with Gasteiger partial charge in [0.2, 0.25) is 0 Å². The summed E-state index contributed by atoms with van der Waals surface area (Å²) in [4.78, 5) is 23.9. The third kappa shape index (κ3) is 6.78. The molecule has 2 saturated carbocycles. The Hall–Kier alpha value is -1.30. The number of carbonyl (C=O) groups is 2. The Morgan fingerprint density at radius 2 is 1.81 bits per heavy atom. The zero-order valence-corrected chi connectivity index (χ0v) is 16.6. The van der Waals surface area contributed by atoms with E-state index in [1.165, 1.54) is 6.42 Å². The SMILES string of the molecule is CC1(C)CC(NC(=O)OCCC(=O)OC2CCCCC2)CC(C)(CN)C1.